The molecule has 1 heterocycles. The van der Waals surface area contributed by atoms with Crippen molar-refractivity contribution in [3.05, 3.63) is 42.1 Å². The summed E-state index contributed by atoms with van der Waals surface area (Å²) in [5, 5.41) is 1.18. The van der Waals surface area contributed by atoms with E-state index in [0.717, 1.165) is 43.9 Å². The third-order valence-corrected chi connectivity index (χ3v) is 3.33. The van der Waals surface area contributed by atoms with E-state index in [4.69, 9.17) is 15.5 Å². The number of pyridine rings is 1. The van der Waals surface area contributed by atoms with Crippen LogP contribution in [0.2, 0.25) is 0 Å². The van der Waals surface area contributed by atoms with E-state index in [2.05, 4.69) is 29.2 Å². The van der Waals surface area contributed by atoms with Gasteiger partial charge < -0.3 is 10.5 Å². The highest BCUT2D eigenvalue weighted by atomic mass is 16.5. The number of ether oxygens (including phenoxy) is 1. The van der Waals surface area contributed by atoms with Crippen molar-refractivity contribution in [3.63, 3.8) is 0 Å². The molecule has 4 heteroatoms. The van der Waals surface area contributed by atoms with Crippen LogP contribution in [0.4, 0.5) is 0 Å². The Balaban J connectivity index is 2.06. The van der Waals surface area contributed by atoms with Gasteiger partial charge >= 0.3 is 0 Å². The van der Waals surface area contributed by atoms with E-state index in [-0.39, 0.29) is 0 Å². The lowest BCUT2D eigenvalue weighted by Gasteiger charge is -2.21. The first kappa shape index (κ1) is 14.9. The number of para-hydroxylation sites is 1. The average molecular weight is 273 g/mol. The van der Waals surface area contributed by atoms with Crippen LogP contribution in [0.3, 0.4) is 0 Å². The topological polar surface area (TPSA) is 51.4 Å². The first-order chi connectivity index (χ1) is 9.83. The number of nitrogens with zero attached hydrogens (tertiary/aromatic N) is 2. The molecule has 4 nitrogen and oxygen atoms in total. The van der Waals surface area contributed by atoms with Gasteiger partial charge in [-0.15, -0.1) is 0 Å². The van der Waals surface area contributed by atoms with Crippen LogP contribution in [0.1, 0.15) is 12.1 Å². The molecule has 0 amide bonds. The van der Waals surface area contributed by atoms with E-state index in [9.17, 15) is 0 Å². The van der Waals surface area contributed by atoms with Crippen LogP contribution in [-0.2, 0) is 11.3 Å². The Labute approximate surface area is 120 Å². The minimum Gasteiger partial charge on any atom is -0.383 e. The second-order valence-electron chi connectivity index (χ2n) is 4.91. The zero-order valence-electron chi connectivity index (χ0n) is 12.1. The normalized spacial score (nSPS) is 11.3. The Morgan fingerprint density at radius 2 is 2.00 bits per heavy atom. The molecule has 0 aliphatic heterocycles. The molecule has 108 valence electrons. The van der Waals surface area contributed by atoms with Crippen LogP contribution in [-0.4, -0.2) is 43.2 Å². The molecule has 0 radical (unpaired) electrons. The van der Waals surface area contributed by atoms with Gasteiger partial charge in [0.25, 0.3) is 0 Å². The van der Waals surface area contributed by atoms with Crippen molar-refractivity contribution in [2.75, 3.05) is 33.4 Å². The fourth-order valence-corrected chi connectivity index (χ4v) is 2.23. The molecule has 0 aliphatic carbocycles. The van der Waals surface area contributed by atoms with Crippen molar-refractivity contribution in [3.8, 4) is 0 Å². The maximum absolute atomic E-state index is 5.60. The molecule has 1 aromatic heterocycles. The summed E-state index contributed by atoms with van der Waals surface area (Å²) in [7, 11) is 1.73. The lowest BCUT2D eigenvalue weighted by Crippen LogP contribution is -2.29. The van der Waals surface area contributed by atoms with Gasteiger partial charge in [0.05, 0.1) is 17.8 Å². The van der Waals surface area contributed by atoms with Crippen LogP contribution >= 0.6 is 0 Å². The predicted octanol–water partition coefficient (Wildman–Crippen LogP) is 2.03. The fourth-order valence-electron chi connectivity index (χ4n) is 2.23. The number of benzene rings is 1. The summed E-state index contributed by atoms with van der Waals surface area (Å²) in [6.07, 6.45) is 0.997. The molecule has 0 bridgehead atoms. The fraction of sp³-hybridized carbons (Fsp3) is 0.438. The van der Waals surface area contributed by atoms with Gasteiger partial charge in [0.2, 0.25) is 0 Å². The van der Waals surface area contributed by atoms with E-state index in [1.165, 1.54) is 5.39 Å². The molecule has 0 atom stereocenters. The summed E-state index contributed by atoms with van der Waals surface area (Å²) in [6.45, 7) is 4.18. The first-order valence-corrected chi connectivity index (χ1v) is 7.09. The maximum Gasteiger partial charge on any atom is 0.0705 e. The molecule has 2 N–H and O–H groups in total. The number of hydrogen-bond donors (Lipinski definition) is 1. The maximum atomic E-state index is 5.60. The van der Waals surface area contributed by atoms with Crippen LogP contribution in [0, 0.1) is 0 Å². The zero-order chi connectivity index (χ0) is 14.2. The molecule has 0 saturated carbocycles. The van der Waals surface area contributed by atoms with E-state index in [0.29, 0.717) is 6.54 Å². The van der Waals surface area contributed by atoms with Gasteiger partial charge in [0.15, 0.2) is 0 Å². The van der Waals surface area contributed by atoms with Crippen LogP contribution in [0.5, 0.6) is 0 Å². The quantitative estimate of drug-likeness (QED) is 0.799. The van der Waals surface area contributed by atoms with Crippen molar-refractivity contribution in [2.45, 2.75) is 13.0 Å². The molecule has 0 saturated heterocycles. The van der Waals surface area contributed by atoms with Crippen molar-refractivity contribution in [2.24, 2.45) is 5.73 Å². The number of rotatable bonds is 8. The van der Waals surface area contributed by atoms with Gasteiger partial charge in [-0.25, -0.2) is 0 Å². The van der Waals surface area contributed by atoms with E-state index in [1.807, 2.05) is 12.1 Å². The second kappa shape index (κ2) is 7.94. The minimum atomic E-state index is 0.717. The van der Waals surface area contributed by atoms with E-state index in [1.54, 1.807) is 7.11 Å². The minimum absolute atomic E-state index is 0.717. The molecule has 20 heavy (non-hydrogen) atoms. The Hall–Kier alpha value is -1.49. The van der Waals surface area contributed by atoms with Crippen LogP contribution in [0.25, 0.3) is 10.9 Å². The summed E-state index contributed by atoms with van der Waals surface area (Å²) in [5.41, 5.74) is 7.75. The van der Waals surface area contributed by atoms with Gasteiger partial charge in [0, 0.05) is 25.6 Å². The van der Waals surface area contributed by atoms with Crippen molar-refractivity contribution in [1.29, 1.82) is 0 Å². The van der Waals surface area contributed by atoms with Crippen molar-refractivity contribution in [1.82, 2.24) is 9.88 Å². The largest absolute Gasteiger partial charge is 0.383 e. The number of hydrogen-bond acceptors (Lipinski definition) is 4. The van der Waals surface area contributed by atoms with Crippen molar-refractivity contribution >= 4 is 10.9 Å². The van der Waals surface area contributed by atoms with Crippen LogP contribution in [0.15, 0.2) is 36.4 Å². The molecular formula is C16H23N3O. The van der Waals surface area contributed by atoms with Crippen LogP contribution < -0.4 is 5.73 Å². The molecule has 2 aromatic rings. The predicted molar refractivity (Wildman–Crippen MR) is 82.6 cm³/mol. The van der Waals surface area contributed by atoms with Gasteiger partial charge in [0.1, 0.15) is 0 Å². The monoisotopic (exact) mass is 273 g/mol. The summed E-state index contributed by atoms with van der Waals surface area (Å²) in [4.78, 5) is 7.06. The average Bonchev–Trinajstić information content (AvgIpc) is 2.50. The highest BCUT2D eigenvalue weighted by Gasteiger charge is 2.07. The molecular weight excluding hydrogens is 250 g/mol. The van der Waals surface area contributed by atoms with Crippen molar-refractivity contribution < 1.29 is 4.74 Å². The van der Waals surface area contributed by atoms with Gasteiger partial charge in [-0.05, 0) is 31.6 Å². The Bertz CT molecular complexity index is 522. The molecule has 1 aromatic carbocycles. The van der Waals surface area contributed by atoms with E-state index < -0.39 is 0 Å². The molecule has 0 unspecified atom stereocenters. The third-order valence-electron chi connectivity index (χ3n) is 3.33. The number of nitrogens with two attached hydrogens (primary N) is 1. The SMILES string of the molecule is COCCN(CCCN)Cc1ccc2ccccc2n1. The summed E-state index contributed by atoms with van der Waals surface area (Å²) < 4.78 is 5.17. The third kappa shape index (κ3) is 4.27. The summed E-state index contributed by atoms with van der Waals surface area (Å²) in [6, 6.07) is 12.4. The second-order valence-corrected chi connectivity index (χ2v) is 4.91. The Morgan fingerprint density at radius 1 is 1.15 bits per heavy atom. The highest BCUT2D eigenvalue weighted by Crippen LogP contribution is 2.13. The molecule has 2 rings (SSSR count). The smallest absolute Gasteiger partial charge is 0.0705 e. The Morgan fingerprint density at radius 3 is 2.80 bits per heavy atom. The number of methoxy groups -OCH3 is 1. The molecule has 0 fully saturated rings. The highest BCUT2D eigenvalue weighted by molar-refractivity contribution is 5.78. The Kier molecular flexibility index (Phi) is 5.92. The number of aromatic nitrogens is 1. The number of fused-ring (bicyclic) bond motifs is 1. The van der Waals surface area contributed by atoms with Gasteiger partial charge in [-0.2, -0.15) is 0 Å². The lowest BCUT2D eigenvalue weighted by atomic mass is 10.2. The van der Waals surface area contributed by atoms with Gasteiger partial charge in [-0.3, -0.25) is 9.88 Å². The van der Waals surface area contributed by atoms with Gasteiger partial charge in [-0.1, -0.05) is 24.3 Å². The first-order valence-electron chi connectivity index (χ1n) is 7.09. The van der Waals surface area contributed by atoms with E-state index >= 15 is 0 Å². The lowest BCUT2D eigenvalue weighted by molar-refractivity contribution is 0.143. The summed E-state index contributed by atoms with van der Waals surface area (Å²) in [5.74, 6) is 0. The standard InChI is InChI=1S/C16H23N3O/c1-20-12-11-19(10-4-9-17)13-15-8-7-14-5-2-3-6-16(14)18-15/h2-3,5-8H,4,9-13,17H2,1H3. The zero-order valence-corrected chi connectivity index (χ0v) is 12.1. The molecule has 0 spiro atoms. The summed E-state index contributed by atoms with van der Waals surface area (Å²) >= 11 is 0. The molecule has 0 aliphatic rings.